The van der Waals surface area contributed by atoms with E-state index in [1.165, 1.54) is 11.1 Å². The largest absolute Gasteiger partial charge is 0.497 e. The third kappa shape index (κ3) is 6.93. The number of ether oxygens (including phenoxy) is 2. The summed E-state index contributed by atoms with van der Waals surface area (Å²) in [7, 11) is 1.65. The summed E-state index contributed by atoms with van der Waals surface area (Å²) in [5, 5.41) is 3.44. The summed E-state index contributed by atoms with van der Waals surface area (Å²) in [6.45, 7) is 5.26. The molecule has 0 heterocycles. The number of hydrogen-bond donors (Lipinski definition) is 4. The SMILES string of the molecule is COc1ccc(COc2cccc(N)c2NC/C(C)=C(\C)CCc2ccc(C(N)=O)cc2N)cc1. The highest BCUT2D eigenvalue weighted by molar-refractivity contribution is 5.93. The molecule has 0 radical (unpaired) electrons. The minimum atomic E-state index is -0.478. The summed E-state index contributed by atoms with van der Waals surface area (Å²) in [6.07, 6.45) is 1.62. The highest BCUT2D eigenvalue weighted by atomic mass is 16.5. The molecule has 3 rings (SSSR count). The summed E-state index contributed by atoms with van der Waals surface area (Å²) < 4.78 is 11.3. The third-order valence-electron chi connectivity index (χ3n) is 6.07. The van der Waals surface area contributed by atoms with Gasteiger partial charge in [0, 0.05) is 17.8 Å². The number of nitrogens with two attached hydrogens (primary N) is 3. The molecule has 0 fully saturated rings. The molecule has 7 heteroatoms. The summed E-state index contributed by atoms with van der Waals surface area (Å²) in [6, 6.07) is 18.6. The molecule has 7 nitrogen and oxygen atoms in total. The maximum absolute atomic E-state index is 11.3. The van der Waals surface area contributed by atoms with E-state index in [1.54, 1.807) is 19.2 Å². The summed E-state index contributed by atoms with van der Waals surface area (Å²) in [5.41, 5.74) is 24.6. The van der Waals surface area contributed by atoms with Gasteiger partial charge in [0.2, 0.25) is 5.91 Å². The smallest absolute Gasteiger partial charge is 0.248 e. The van der Waals surface area contributed by atoms with E-state index >= 15 is 0 Å². The first-order valence-electron chi connectivity index (χ1n) is 11.5. The van der Waals surface area contributed by atoms with Gasteiger partial charge in [-0.25, -0.2) is 0 Å². The fourth-order valence-electron chi connectivity index (χ4n) is 3.62. The van der Waals surface area contributed by atoms with Crippen LogP contribution in [0.25, 0.3) is 0 Å². The number of carbonyl (C=O) groups excluding carboxylic acids is 1. The van der Waals surface area contributed by atoms with Crippen LogP contribution in [0.5, 0.6) is 11.5 Å². The second kappa shape index (κ2) is 11.8. The van der Waals surface area contributed by atoms with Crippen molar-refractivity contribution >= 4 is 23.0 Å². The maximum atomic E-state index is 11.3. The number of carbonyl (C=O) groups is 1. The maximum Gasteiger partial charge on any atom is 0.248 e. The summed E-state index contributed by atoms with van der Waals surface area (Å²) in [4.78, 5) is 11.3. The molecular formula is C28H34N4O3. The molecule has 35 heavy (non-hydrogen) atoms. The number of para-hydroxylation sites is 1. The zero-order valence-electron chi connectivity index (χ0n) is 20.6. The van der Waals surface area contributed by atoms with Crippen molar-refractivity contribution in [3.63, 3.8) is 0 Å². The van der Waals surface area contributed by atoms with Gasteiger partial charge < -0.3 is 32.0 Å². The number of anilines is 3. The van der Waals surface area contributed by atoms with Gasteiger partial charge in [0.25, 0.3) is 0 Å². The monoisotopic (exact) mass is 474 g/mol. The van der Waals surface area contributed by atoms with Crippen molar-refractivity contribution < 1.29 is 14.3 Å². The molecule has 0 aliphatic heterocycles. The van der Waals surface area contributed by atoms with Gasteiger partial charge in [-0.15, -0.1) is 0 Å². The Labute approximate surface area is 206 Å². The highest BCUT2D eigenvalue weighted by Gasteiger charge is 2.10. The van der Waals surface area contributed by atoms with Gasteiger partial charge in [-0.05, 0) is 74.2 Å². The molecule has 0 aromatic heterocycles. The highest BCUT2D eigenvalue weighted by Crippen LogP contribution is 2.32. The number of primary amides is 1. The van der Waals surface area contributed by atoms with E-state index in [4.69, 9.17) is 26.7 Å². The second-order valence-electron chi connectivity index (χ2n) is 8.55. The van der Waals surface area contributed by atoms with Crippen LogP contribution in [0.4, 0.5) is 17.1 Å². The van der Waals surface area contributed by atoms with Gasteiger partial charge >= 0.3 is 0 Å². The lowest BCUT2D eigenvalue weighted by atomic mass is 9.99. The first-order chi connectivity index (χ1) is 16.8. The molecule has 0 aliphatic rings. The fraction of sp³-hybridized carbons (Fsp3) is 0.250. The molecule has 0 atom stereocenters. The molecule has 3 aromatic rings. The fourth-order valence-corrected chi connectivity index (χ4v) is 3.62. The Bertz CT molecular complexity index is 1200. The second-order valence-corrected chi connectivity index (χ2v) is 8.55. The molecular weight excluding hydrogens is 440 g/mol. The van der Waals surface area contributed by atoms with Crippen LogP contribution in [0, 0.1) is 0 Å². The number of rotatable bonds is 11. The van der Waals surface area contributed by atoms with Crippen molar-refractivity contribution in [2.24, 2.45) is 5.73 Å². The number of hydrogen-bond acceptors (Lipinski definition) is 6. The molecule has 0 spiro atoms. The standard InChI is InChI=1S/C28H34N4O3/c1-18(7-10-21-11-12-22(28(31)33)15-25(21)30)19(2)16-32-27-24(29)5-4-6-26(27)35-17-20-8-13-23(34-3)14-9-20/h4-6,8-9,11-15,32H,7,10,16-17,29-30H2,1-3H3,(H2,31,33)/b19-18+. The number of allylic oxidation sites excluding steroid dienone is 1. The minimum Gasteiger partial charge on any atom is -0.497 e. The molecule has 0 bridgehead atoms. The van der Waals surface area contributed by atoms with Gasteiger partial charge in [0.05, 0.1) is 12.8 Å². The van der Waals surface area contributed by atoms with Crippen LogP contribution < -0.4 is 32.0 Å². The van der Waals surface area contributed by atoms with Gasteiger partial charge in [-0.2, -0.15) is 0 Å². The molecule has 1 amide bonds. The average molecular weight is 475 g/mol. The Morgan fingerprint density at radius 1 is 0.943 bits per heavy atom. The number of nitrogen functional groups attached to an aromatic ring is 2. The predicted octanol–water partition coefficient (Wildman–Crippen LogP) is 4.92. The van der Waals surface area contributed by atoms with Crippen molar-refractivity contribution in [2.45, 2.75) is 33.3 Å². The van der Waals surface area contributed by atoms with Gasteiger partial charge in [0.1, 0.15) is 23.8 Å². The van der Waals surface area contributed by atoms with Gasteiger partial charge in [-0.1, -0.05) is 35.4 Å². The van der Waals surface area contributed by atoms with Crippen molar-refractivity contribution in [1.82, 2.24) is 0 Å². The van der Waals surface area contributed by atoms with Crippen LogP contribution in [0.3, 0.4) is 0 Å². The van der Waals surface area contributed by atoms with Crippen molar-refractivity contribution in [2.75, 3.05) is 30.4 Å². The van der Waals surface area contributed by atoms with Gasteiger partial charge in [-0.3, -0.25) is 4.79 Å². The van der Waals surface area contributed by atoms with E-state index in [1.807, 2.05) is 48.5 Å². The Morgan fingerprint density at radius 3 is 2.34 bits per heavy atom. The lowest BCUT2D eigenvalue weighted by Crippen LogP contribution is -2.11. The van der Waals surface area contributed by atoms with Crippen LogP contribution in [-0.2, 0) is 13.0 Å². The zero-order chi connectivity index (χ0) is 25.4. The predicted molar refractivity (Wildman–Crippen MR) is 143 cm³/mol. The lowest BCUT2D eigenvalue weighted by Gasteiger charge is -2.17. The number of methoxy groups -OCH3 is 1. The Hall–Kier alpha value is -4.13. The Morgan fingerprint density at radius 2 is 1.69 bits per heavy atom. The van der Waals surface area contributed by atoms with E-state index in [2.05, 4.69) is 19.2 Å². The van der Waals surface area contributed by atoms with Crippen LogP contribution in [0.15, 0.2) is 71.8 Å². The van der Waals surface area contributed by atoms with Crippen LogP contribution >= 0.6 is 0 Å². The first-order valence-corrected chi connectivity index (χ1v) is 11.5. The zero-order valence-corrected chi connectivity index (χ0v) is 20.6. The molecule has 7 N–H and O–H groups in total. The van der Waals surface area contributed by atoms with Crippen LogP contribution in [0.1, 0.15) is 41.8 Å². The van der Waals surface area contributed by atoms with Crippen molar-refractivity contribution in [3.05, 3.63) is 88.5 Å². The molecule has 0 saturated carbocycles. The van der Waals surface area contributed by atoms with Crippen LogP contribution in [0.2, 0.25) is 0 Å². The minimum absolute atomic E-state index is 0.421. The Balaban J connectivity index is 1.62. The molecule has 0 unspecified atom stereocenters. The number of aryl methyl sites for hydroxylation is 1. The molecule has 184 valence electrons. The van der Waals surface area contributed by atoms with E-state index in [0.717, 1.165) is 35.4 Å². The number of nitrogens with one attached hydrogen (secondary N) is 1. The average Bonchev–Trinajstić information content (AvgIpc) is 2.85. The topological polar surface area (TPSA) is 126 Å². The van der Waals surface area contributed by atoms with Gasteiger partial charge in [0.15, 0.2) is 0 Å². The summed E-state index contributed by atoms with van der Waals surface area (Å²) in [5.74, 6) is 1.03. The number of amides is 1. The summed E-state index contributed by atoms with van der Waals surface area (Å²) >= 11 is 0. The van der Waals surface area contributed by atoms with E-state index in [-0.39, 0.29) is 0 Å². The molecule has 0 saturated heterocycles. The lowest BCUT2D eigenvalue weighted by molar-refractivity contribution is 0.100. The van der Waals surface area contributed by atoms with E-state index in [0.29, 0.717) is 35.8 Å². The first kappa shape index (κ1) is 25.5. The van der Waals surface area contributed by atoms with Crippen LogP contribution in [-0.4, -0.2) is 19.6 Å². The normalized spacial score (nSPS) is 11.5. The van der Waals surface area contributed by atoms with Crippen molar-refractivity contribution in [1.29, 1.82) is 0 Å². The van der Waals surface area contributed by atoms with Crippen molar-refractivity contribution in [3.8, 4) is 11.5 Å². The quantitative estimate of drug-likeness (QED) is 0.231. The van der Waals surface area contributed by atoms with E-state index < -0.39 is 5.91 Å². The number of benzene rings is 3. The Kier molecular flexibility index (Phi) is 8.62. The molecule has 3 aromatic carbocycles. The van der Waals surface area contributed by atoms with E-state index in [9.17, 15) is 4.79 Å². The molecule has 0 aliphatic carbocycles. The third-order valence-corrected chi connectivity index (χ3v) is 6.07.